The van der Waals surface area contributed by atoms with E-state index in [9.17, 15) is 43.2 Å². The van der Waals surface area contributed by atoms with E-state index >= 15 is 0 Å². The number of carbonyl (C=O) groups is 4. The Hall–Kier alpha value is -1.94. The summed E-state index contributed by atoms with van der Waals surface area (Å²) in [6, 6.07) is 0. The number of hydrogen-bond donors (Lipinski definition) is 3. The summed E-state index contributed by atoms with van der Waals surface area (Å²) in [5.41, 5.74) is 0. The minimum absolute atomic E-state index is 0.104. The second-order valence-corrected chi connectivity index (χ2v) is 30.1. The molecule has 8 atom stereocenters. The van der Waals surface area contributed by atoms with Crippen molar-refractivity contribution in [2.75, 3.05) is 39.6 Å². The van der Waals surface area contributed by atoms with E-state index in [-0.39, 0.29) is 25.7 Å². The molecule has 0 aliphatic heterocycles. The van der Waals surface area contributed by atoms with Gasteiger partial charge in [-0.1, -0.05) is 306 Å². The van der Waals surface area contributed by atoms with Gasteiger partial charge in [0.2, 0.25) is 0 Å². The van der Waals surface area contributed by atoms with Gasteiger partial charge in [-0.05, 0) is 49.4 Å². The summed E-state index contributed by atoms with van der Waals surface area (Å²) in [7, 11) is -9.91. The molecule has 0 aromatic heterocycles. The van der Waals surface area contributed by atoms with E-state index in [1.807, 2.05) is 0 Å². The first-order valence-electron chi connectivity index (χ1n) is 37.3. The zero-order valence-electron chi connectivity index (χ0n) is 59.5. The van der Waals surface area contributed by atoms with Crippen LogP contribution < -0.4 is 0 Å². The maximum absolute atomic E-state index is 13.0. The van der Waals surface area contributed by atoms with Crippen molar-refractivity contribution in [2.24, 2.45) is 23.7 Å². The van der Waals surface area contributed by atoms with Crippen LogP contribution in [0.1, 0.15) is 357 Å². The lowest BCUT2D eigenvalue weighted by Crippen LogP contribution is -2.30. The third-order valence-electron chi connectivity index (χ3n) is 17.7. The number of phosphoric acid groups is 2. The number of ether oxygens (including phenoxy) is 4. The normalized spacial score (nSPS) is 15.1. The number of hydrogen-bond acceptors (Lipinski definition) is 15. The van der Waals surface area contributed by atoms with Crippen molar-refractivity contribution in [2.45, 2.75) is 375 Å². The standard InChI is InChI=1S/C72H140O17P2/c1-9-63(6)49-41-33-25-18-16-14-12-13-15-17-19-27-36-44-52-69(74)82-58-67(88-71(76)54-46-38-28-22-20-24-32-40-48-62(4)5)60-86-90(78,79)84-56-66(73)57-85-91(80,81)87-61-68(59-83-70(75)53-45-37-31-30-35-43-51-65(8)11-3)89-72(77)55-47-39-29-23-21-26-34-42-50-64(7)10-2/h62-68,73H,9-61H2,1-8H3,(H,78,79)(H,80,81)/t63?,64?,65?,66-,67-,68-/m1/s1. The highest BCUT2D eigenvalue weighted by molar-refractivity contribution is 7.47. The van der Waals surface area contributed by atoms with Crippen LogP contribution in [0.5, 0.6) is 0 Å². The van der Waals surface area contributed by atoms with Crippen LogP contribution in [0.3, 0.4) is 0 Å². The summed E-state index contributed by atoms with van der Waals surface area (Å²) < 4.78 is 68.3. The molecular formula is C72H140O17P2. The summed E-state index contributed by atoms with van der Waals surface area (Å²) >= 11 is 0. The number of carbonyl (C=O) groups excluding carboxylic acids is 4. The molecule has 540 valence electrons. The first-order chi connectivity index (χ1) is 43.7. The highest BCUT2D eigenvalue weighted by Crippen LogP contribution is 2.45. The Bertz CT molecular complexity index is 1800. The molecule has 19 heteroatoms. The number of aliphatic hydroxyl groups excluding tert-OH is 1. The summed E-state index contributed by atoms with van der Waals surface area (Å²) in [5, 5.41) is 10.6. The van der Waals surface area contributed by atoms with Crippen LogP contribution >= 0.6 is 15.6 Å². The van der Waals surface area contributed by atoms with Gasteiger partial charge in [0.25, 0.3) is 0 Å². The summed E-state index contributed by atoms with van der Waals surface area (Å²) in [6.45, 7) is 14.1. The van der Waals surface area contributed by atoms with Gasteiger partial charge >= 0.3 is 39.5 Å². The molecule has 0 aromatic rings. The Morgan fingerprint density at radius 3 is 0.780 bits per heavy atom. The fourth-order valence-electron chi connectivity index (χ4n) is 10.7. The molecule has 0 radical (unpaired) electrons. The number of rotatable bonds is 69. The van der Waals surface area contributed by atoms with Crippen molar-refractivity contribution in [3.05, 3.63) is 0 Å². The minimum Gasteiger partial charge on any atom is -0.462 e. The van der Waals surface area contributed by atoms with E-state index in [0.717, 1.165) is 120 Å². The fourth-order valence-corrected chi connectivity index (χ4v) is 12.3. The Morgan fingerprint density at radius 2 is 0.527 bits per heavy atom. The molecule has 0 amide bonds. The van der Waals surface area contributed by atoms with Crippen LogP contribution in [0.2, 0.25) is 0 Å². The molecule has 0 aliphatic carbocycles. The number of esters is 4. The van der Waals surface area contributed by atoms with Gasteiger partial charge in [0.15, 0.2) is 12.2 Å². The third-order valence-corrected chi connectivity index (χ3v) is 19.6. The smallest absolute Gasteiger partial charge is 0.462 e. The molecule has 0 saturated heterocycles. The van der Waals surface area contributed by atoms with E-state index in [0.29, 0.717) is 25.7 Å². The molecule has 5 unspecified atom stereocenters. The lowest BCUT2D eigenvalue weighted by molar-refractivity contribution is -0.161. The Morgan fingerprint density at radius 1 is 0.308 bits per heavy atom. The predicted octanol–water partition coefficient (Wildman–Crippen LogP) is 20.5. The maximum atomic E-state index is 13.0. The number of unbranched alkanes of at least 4 members (excludes halogenated alkanes) is 32. The fraction of sp³-hybridized carbons (Fsp3) is 0.944. The first kappa shape index (κ1) is 89.1. The van der Waals surface area contributed by atoms with Crippen LogP contribution in [-0.2, 0) is 65.4 Å². The Balaban J connectivity index is 5.22. The summed E-state index contributed by atoms with van der Waals surface area (Å²) in [5.74, 6) is 0.938. The van der Waals surface area contributed by atoms with Gasteiger partial charge in [0.05, 0.1) is 26.4 Å². The van der Waals surface area contributed by atoms with Gasteiger partial charge < -0.3 is 33.8 Å². The molecule has 0 rings (SSSR count). The van der Waals surface area contributed by atoms with E-state index in [2.05, 4.69) is 55.4 Å². The molecule has 91 heavy (non-hydrogen) atoms. The minimum atomic E-state index is -4.95. The van der Waals surface area contributed by atoms with E-state index in [4.69, 9.17) is 37.0 Å². The lowest BCUT2D eigenvalue weighted by atomic mass is 9.99. The zero-order valence-corrected chi connectivity index (χ0v) is 61.3. The van der Waals surface area contributed by atoms with Gasteiger partial charge in [-0.15, -0.1) is 0 Å². The van der Waals surface area contributed by atoms with Crippen molar-refractivity contribution in [1.82, 2.24) is 0 Å². The molecule has 0 saturated carbocycles. The summed E-state index contributed by atoms with van der Waals surface area (Å²) in [4.78, 5) is 72.6. The van der Waals surface area contributed by atoms with Crippen LogP contribution in [0.15, 0.2) is 0 Å². The zero-order chi connectivity index (χ0) is 67.5. The molecule has 0 fully saturated rings. The van der Waals surface area contributed by atoms with E-state index in [1.54, 1.807) is 0 Å². The van der Waals surface area contributed by atoms with Crippen molar-refractivity contribution >= 4 is 39.5 Å². The second kappa shape index (κ2) is 61.6. The molecule has 0 aliphatic rings. The maximum Gasteiger partial charge on any atom is 0.472 e. The highest BCUT2D eigenvalue weighted by Gasteiger charge is 2.30. The first-order valence-corrected chi connectivity index (χ1v) is 40.3. The van der Waals surface area contributed by atoms with Crippen LogP contribution in [0.25, 0.3) is 0 Å². The topological polar surface area (TPSA) is 237 Å². The average molecular weight is 1340 g/mol. The van der Waals surface area contributed by atoms with Gasteiger partial charge in [-0.3, -0.25) is 37.3 Å². The number of phosphoric ester groups is 2. The molecule has 0 heterocycles. The van der Waals surface area contributed by atoms with Gasteiger partial charge in [0.1, 0.15) is 19.3 Å². The van der Waals surface area contributed by atoms with Crippen molar-refractivity contribution in [3.63, 3.8) is 0 Å². The molecule has 17 nitrogen and oxygen atoms in total. The average Bonchev–Trinajstić information content (AvgIpc) is 3.72. The molecule has 3 N–H and O–H groups in total. The van der Waals surface area contributed by atoms with Crippen molar-refractivity contribution < 1.29 is 80.2 Å². The predicted molar refractivity (Wildman–Crippen MR) is 367 cm³/mol. The SMILES string of the molecule is CCC(C)CCCCCCCCCCCCCCCCC(=O)OC[C@H](COP(=O)(O)OC[C@@H](O)COP(=O)(O)OC[C@@H](COC(=O)CCCCCCCCC(C)CC)OC(=O)CCCCCCCCCCC(C)CC)OC(=O)CCCCCCCCCCC(C)C. The summed E-state index contributed by atoms with van der Waals surface area (Å²) in [6.07, 6.45) is 44.4. The van der Waals surface area contributed by atoms with Crippen LogP contribution in [0, 0.1) is 23.7 Å². The van der Waals surface area contributed by atoms with Crippen LogP contribution in [-0.4, -0.2) is 96.7 Å². The van der Waals surface area contributed by atoms with Crippen molar-refractivity contribution in [1.29, 1.82) is 0 Å². The van der Waals surface area contributed by atoms with Gasteiger partial charge in [0, 0.05) is 25.7 Å². The molecule has 0 bridgehead atoms. The van der Waals surface area contributed by atoms with Crippen LogP contribution in [0.4, 0.5) is 0 Å². The Labute approximate surface area is 556 Å². The van der Waals surface area contributed by atoms with E-state index in [1.165, 1.54) is 154 Å². The second-order valence-electron chi connectivity index (χ2n) is 27.2. The van der Waals surface area contributed by atoms with Crippen molar-refractivity contribution in [3.8, 4) is 0 Å². The molecule has 0 spiro atoms. The quantitative estimate of drug-likeness (QED) is 0.0222. The third kappa shape index (κ3) is 62.6. The molecule has 0 aromatic carbocycles. The highest BCUT2D eigenvalue weighted by atomic mass is 31.2. The van der Waals surface area contributed by atoms with Gasteiger partial charge in [-0.2, -0.15) is 0 Å². The largest absolute Gasteiger partial charge is 0.472 e. The number of aliphatic hydroxyl groups is 1. The lowest BCUT2D eigenvalue weighted by Gasteiger charge is -2.21. The Kier molecular flexibility index (Phi) is 60.3. The molecular weight excluding hydrogens is 1200 g/mol. The monoisotopic (exact) mass is 1340 g/mol. The van der Waals surface area contributed by atoms with Gasteiger partial charge in [-0.25, -0.2) is 9.13 Å². The van der Waals surface area contributed by atoms with E-state index < -0.39 is 97.5 Å².